The van der Waals surface area contributed by atoms with Crippen molar-refractivity contribution >= 4 is 38.2 Å². The molecule has 1 amide bonds. The number of carbonyl (C=O) groups excluding carboxylic acids is 1. The lowest BCUT2D eigenvalue weighted by Crippen LogP contribution is -2.24. The first-order valence-electron chi connectivity index (χ1n) is 11.3. The lowest BCUT2D eigenvalue weighted by molar-refractivity contribution is 0.0957. The van der Waals surface area contributed by atoms with Crippen molar-refractivity contribution in [2.75, 3.05) is 13.2 Å². The summed E-state index contributed by atoms with van der Waals surface area (Å²) in [6, 6.07) is 13.2. The molecule has 0 saturated heterocycles. The van der Waals surface area contributed by atoms with Crippen LogP contribution in [-0.2, 0) is 6.42 Å². The van der Waals surface area contributed by atoms with E-state index in [-0.39, 0.29) is 11.4 Å². The predicted molar refractivity (Wildman–Crippen MR) is 133 cm³/mol. The monoisotopic (exact) mass is 492 g/mol. The molecule has 3 aromatic heterocycles. The predicted octanol–water partition coefficient (Wildman–Crippen LogP) is 6.75. The second-order valence-electron chi connectivity index (χ2n) is 7.99. The molecule has 0 aliphatic carbocycles. The Kier molecular flexibility index (Phi) is 6.46. The number of aryl methyl sites for hydroxylation is 1. The van der Waals surface area contributed by atoms with E-state index in [1.165, 1.54) is 17.4 Å². The minimum atomic E-state index is -0.734. The van der Waals surface area contributed by atoms with Crippen LogP contribution in [-0.4, -0.2) is 24.0 Å². The number of ether oxygens (including phenoxy) is 1. The van der Waals surface area contributed by atoms with E-state index in [4.69, 9.17) is 9.15 Å². The third-order valence-electron chi connectivity index (χ3n) is 5.67. The number of pyridine rings is 1. The molecule has 35 heavy (non-hydrogen) atoms. The van der Waals surface area contributed by atoms with Crippen LogP contribution in [0.2, 0.25) is 0 Å². The van der Waals surface area contributed by atoms with Gasteiger partial charge in [0, 0.05) is 46.3 Å². The summed E-state index contributed by atoms with van der Waals surface area (Å²) in [5.74, 6) is -0.101. The number of fused-ring (bicyclic) bond motifs is 3. The normalized spacial score (nSPS) is 11.3. The number of rotatable bonds is 8. The topological polar surface area (TPSA) is 64.4 Å². The van der Waals surface area contributed by atoms with Crippen molar-refractivity contribution in [2.45, 2.75) is 19.8 Å². The molecular weight excluding hydrogens is 470 g/mol. The van der Waals surface area contributed by atoms with Crippen LogP contribution in [0, 0.1) is 11.6 Å². The van der Waals surface area contributed by atoms with Gasteiger partial charge in [0.15, 0.2) is 5.82 Å². The van der Waals surface area contributed by atoms with Crippen LogP contribution in [0.15, 0.2) is 65.4 Å². The van der Waals surface area contributed by atoms with Gasteiger partial charge >= 0.3 is 0 Å². The molecule has 1 N–H and O–H groups in total. The molecule has 0 bridgehead atoms. The molecule has 5 rings (SSSR count). The van der Waals surface area contributed by atoms with E-state index in [0.29, 0.717) is 57.7 Å². The van der Waals surface area contributed by atoms with E-state index in [1.807, 2.05) is 43.3 Å². The molecule has 0 saturated carbocycles. The number of benzene rings is 2. The van der Waals surface area contributed by atoms with Crippen LogP contribution in [0.25, 0.3) is 32.1 Å². The fraction of sp³-hybridized carbons (Fsp3) is 0.185. The van der Waals surface area contributed by atoms with E-state index in [2.05, 4.69) is 10.3 Å². The highest BCUT2D eigenvalue weighted by molar-refractivity contribution is 7.22. The fourth-order valence-electron chi connectivity index (χ4n) is 4.10. The number of nitrogens with zero attached hydrogens (tertiary/aromatic N) is 1. The Bertz CT molecular complexity index is 1500. The van der Waals surface area contributed by atoms with Gasteiger partial charge in [-0.1, -0.05) is 12.1 Å². The van der Waals surface area contributed by atoms with E-state index in [9.17, 15) is 13.6 Å². The first-order chi connectivity index (χ1) is 17.0. The first-order valence-corrected chi connectivity index (χ1v) is 12.1. The van der Waals surface area contributed by atoms with Crippen molar-refractivity contribution in [1.29, 1.82) is 0 Å². The summed E-state index contributed by atoms with van der Waals surface area (Å²) in [5.41, 5.74) is 1.54. The van der Waals surface area contributed by atoms with Crippen LogP contribution in [0.1, 0.15) is 28.8 Å². The molecule has 0 aliphatic rings. The second-order valence-corrected chi connectivity index (χ2v) is 9.01. The van der Waals surface area contributed by atoms with Crippen LogP contribution < -0.4 is 10.1 Å². The Morgan fingerprint density at radius 1 is 1.14 bits per heavy atom. The van der Waals surface area contributed by atoms with Gasteiger partial charge in [0.1, 0.15) is 27.7 Å². The van der Waals surface area contributed by atoms with Gasteiger partial charge in [-0.3, -0.25) is 9.78 Å². The molecule has 0 spiro atoms. The van der Waals surface area contributed by atoms with Gasteiger partial charge < -0.3 is 14.5 Å². The summed E-state index contributed by atoms with van der Waals surface area (Å²) in [7, 11) is 0. The quantitative estimate of drug-likeness (QED) is 0.243. The van der Waals surface area contributed by atoms with Crippen LogP contribution in [0.5, 0.6) is 5.75 Å². The van der Waals surface area contributed by atoms with Crippen LogP contribution in [0.4, 0.5) is 8.78 Å². The molecule has 0 unspecified atom stereocenters. The van der Waals surface area contributed by atoms with E-state index < -0.39 is 11.6 Å². The fourth-order valence-corrected chi connectivity index (χ4v) is 5.33. The number of furan rings is 1. The zero-order valence-electron chi connectivity index (χ0n) is 18.9. The van der Waals surface area contributed by atoms with Crippen molar-refractivity contribution in [3.8, 4) is 16.9 Å². The zero-order chi connectivity index (χ0) is 24.4. The Balaban J connectivity index is 1.55. The number of amides is 1. The lowest BCUT2D eigenvalue weighted by Gasteiger charge is -2.08. The van der Waals surface area contributed by atoms with E-state index >= 15 is 0 Å². The summed E-state index contributed by atoms with van der Waals surface area (Å²) >= 11 is 1.21. The summed E-state index contributed by atoms with van der Waals surface area (Å²) in [6.45, 7) is 2.90. The van der Waals surface area contributed by atoms with Crippen molar-refractivity contribution < 1.29 is 22.7 Å². The molecule has 178 valence electrons. The summed E-state index contributed by atoms with van der Waals surface area (Å²) in [5, 5.41) is 3.98. The van der Waals surface area contributed by atoms with Gasteiger partial charge in [0.05, 0.1) is 12.9 Å². The van der Waals surface area contributed by atoms with Gasteiger partial charge in [-0.15, -0.1) is 11.3 Å². The van der Waals surface area contributed by atoms with Crippen molar-refractivity contribution in [1.82, 2.24) is 10.3 Å². The molecule has 5 aromatic rings. The van der Waals surface area contributed by atoms with Gasteiger partial charge in [-0.25, -0.2) is 8.78 Å². The number of halogens is 2. The van der Waals surface area contributed by atoms with Crippen LogP contribution >= 0.6 is 11.3 Å². The molecule has 0 radical (unpaired) electrons. The number of nitrogens with one attached hydrogen (secondary N) is 1. The average Bonchev–Trinajstić information content (AvgIpc) is 3.50. The molecule has 8 heteroatoms. The third kappa shape index (κ3) is 4.61. The number of carbonyl (C=O) groups is 1. The highest BCUT2D eigenvalue weighted by Gasteiger charge is 2.22. The van der Waals surface area contributed by atoms with Crippen molar-refractivity contribution in [3.63, 3.8) is 0 Å². The van der Waals surface area contributed by atoms with Gasteiger partial charge in [0.2, 0.25) is 0 Å². The zero-order valence-corrected chi connectivity index (χ0v) is 19.8. The molecule has 0 atom stereocenters. The molecular formula is C27H22F2N2O3S. The maximum Gasteiger partial charge on any atom is 0.262 e. The average molecular weight is 493 g/mol. The SMILES string of the molecule is CCOc1ccc(-c2c(C(=O)NCCCc3ccco3)sc3c2cnc2c(F)cc(F)cc23)cc1. The Hall–Kier alpha value is -3.78. The number of aromatic nitrogens is 1. The van der Waals surface area contributed by atoms with Gasteiger partial charge in [-0.2, -0.15) is 0 Å². The third-order valence-corrected chi connectivity index (χ3v) is 6.90. The summed E-state index contributed by atoms with van der Waals surface area (Å²) < 4.78 is 40.0. The molecule has 5 nitrogen and oxygen atoms in total. The maximum atomic E-state index is 14.4. The van der Waals surface area contributed by atoms with E-state index in [0.717, 1.165) is 17.4 Å². The van der Waals surface area contributed by atoms with Crippen LogP contribution in [0.3, 0.4) is 0 Å². The minimum Gasteiger partial charge on any atom is -0.494 e. The van der Waals surface area contributed by atoms with Crippen molar-refractivity contribution in [2.24, 2.45) is 0 Å². The Morgan fingerprint density at radius 2 is 1.97 bits per heavy atom. The molecule has 0 aliphatic heterocycles. The smallest absolute Gasteiger partial charge is 0.262 e. The van der Waals surface area contributed by atoms with E-state index in [1.54, 1.807) is 12.5 Å². The number of hydrogen-bond donors (Lipinski definition) is 1. The molecule has 3 heterocycles. The number of thiophene rings is 1. The lowest BCUT2D eigenvalue weighted by atomic mass is 10.0. The molecule has 2 aromatic carbocycles. The highest BCUT2D eigenvalue weighted by Crippen LogP contribution is 2.42. The van der Waals surface area contributed by atoms with Gasteiger partial charge in [-0.05, 0) is 49.2 Å². The summed E-state index contributed by atoms with van der Waals surface area (Å²) in [4.78, 5) is 18.0. The largest absolute Gasteiger partial charge is 0.494 e. The van der Waals surface area contributed by atoms with Gasteiger partial charge in [0.25, 0.3) is 5.91 Å². The number of hydrogen-bond acceptors (Lipinski definition) is 5. The molecule has 0 fully saturated rings. The summed E-state index contributed by atoms with van der Waals surface area (Å²) in [6.07, 6.45) is 4.59. The Morgan fingerprint density at radius 3 is 2.71 bits per heavy atom. The second kappa shape index (κ2) is 9.84. The van der Waals surface area contributed by atoms with Crippen molar-refractivity contribution in [3.05, 3.63) is 83.3 Å². The highest BCUT2D eigenvalue weighted by atomic mass is 32.1. The standard InChI is InChI=1S/C27H22F2N2O3S/c1-2-33-19-9-7-16(8-10-19)23-21-15-31-24-20(13-17(28)14-22(24)29)25(21)35-26(23)27(32)30-11-3-5-18-6-4-12-34-18/h4,6-10,12-15H,2-3,5,11H2,1H3,(H,30,32). The Labute approximate surface area is 204 Å². The first kappa shape index (κ1) is 23.0. The maximum absolute atomic E-state index is 14.4. The minimum absolute atomic E-state index is 0.0730.